The van der Waals surface area contributed by atoms with Crippen molar-refractivity contribution in [2.45, 2.75) is 30.2 Å². The van der Waals surface area contributed by atoms with Crippen LogP contribution in [0.2, 0.25) is 0 Å². The van der Waals surface area contributed by atoms with Gasteiger partial charge in [0.15, 0.2) is 5.16 Å². The van der Waals surface area contributed by atoms with Crippen molar-refractivity contribution in [3.8, 4) is 0 Å². The minimum Gasteiger partial charge on any atom is -0.312 e. The molecule has 0 saturated heterocycles. The molecule has 1 aliphatic rings. The fraction of sp³-hybridized carbons (Fsp3) is 0.227. The molecule has 1 aliphatic heterocycles. The first-order valence-electron chi connectivity index (χ1n) is 9.27. The van der Waals surface area contributed by atoms with Crippen LogP contribution in [0.25, 0.3) is 0 Å². The second kappa shape index (κ2) is 8.16. The lowest BCUT2D eigenvalue weighted by Gasteiger charge is -2.27. The molecule has 5 nitrogen and oxygen atoms in total. The van der Waals surface area contributed by atoms with Crippen molar-refractivity contribution in [3.05, 3.63) is 85.6 Å². The molecule has 0 aliphatic carbocycles. The Morgan fingerprint density at radius 2 is 1.83 bits per heavy atom. The van der Waals surface area contributed by atoms with Crippen molar-refractivity contribution in [2.24, 2.45) is 7.05 Å². The average Bonchev–Trinajstić information content (AvgIpc) is 2.70. The van der Waals surface area contributed by atoms with Crippen molar-refractivity contribution in [1.82, 2.24) is 9.55 Å². The maximum absolute atomic E-state index is 13.0. The molecule has 0 radical (unpaired) electrons. The number of aromatic nitrogens is 2. The highest BCUT2D eigenvalue weighted by Gasteiger charge is 2.32. The van der Waals surface area contributed by atoms with Gasteiger partial charge in [-0.2, -0.15) is 4.98 Å². The number of halogens is 1. The predicted octanol–water partition coefficient (Wildman–Crippen LogP) is 4.62. The van der Waals surface area contributed by atoms with Gasteiger partial charge in [0.1, 0.15) is 5.82 Å². The molecule has 4 rings (SSSR count). The molecule has 0 saturated carbocycles. The Bertz CT molecular complexity index is 1120. The lowest BCUT2D eigenvalue weighted by atomic mass is 9.87. The zero-order chi connectivity index (χ0) is 20.5. The first-order chi connectivity index (χ1) is 13.9. The van der Waals surface area contributed by atoms with Crippen LogP contribution in [0.1, 0.15) is 34.6 Å². The SMILES string of the molecule is Cc1ccc(CSc2nc(=O)c3c(n2C)NC(=O)CC3c2ccc(Br)cc2)cc1. The molecule has 1 aromatic heterocycles. The molecule has 148 valence electrons. The number of thioether (sulfide) groups is 1. The molecule has 0 spiro atoms. The number of nitrogens with one attached hydrogen (secondary N) is 1. The smallest absolute Gasteiger partial charge is 0.279 e. The molecule has 1 atom stereocenters. The zero-order valence-electron chi connectivity index (χ0n) is 16.1. The normalized spacial score (nSPS) is 15.7. The molecule has 2 aromatic carbocycles. The number of rotatable bonds is 4. The highest BCUT2D eigenvalue weighted by Crippen LogP contribution is 2.36. The van der Waals surface area contributed by atoms with E-state index in [0.29, 0.717) is 22.3 Å². The number of nitrogens with zero attached hydrogens (tertiary/aromatic N) is 2. The maximum atomic E-state index is 13.0. The summed E-state index contributed by atoms with van der Waals surface area (Å²) in [6, 6.07) is 16.0. The van der Waals surface area contributed by atoms with E-state index in [4.69, 9.17) is 0 Å². The number of hydrogen-bond donors (Lipinski definition) is 1. The molecule has 1 unspecified atom stereocenters. The number of aryl methyl sites for hydroxylation is 1. The number of carbonyl (C=O) groups excluding carboxylic acids is 1. The number of anilines is 1. The molecular formula is C22H20BrN3O2S. The van der Waals surface area contributed by atoms with E-state index < -0.39 is 0 Å². The van der Waals surface area contributed by atoms with E-state index in [9.17, 15) is 9.59 Å². The average molecular weight is 470 g/mol. The third-order valence-corrected chi connectivity index (χ3v) is 6.69. The summed E-state index contributed by atoms with van der Waals surface area (Å²) in [6.45, 7) is 2.05. The van der Waals surface area contributed by atoms with Crippen LogP contribution in [0.15, 0.2) is 63.0 Å². The van der Waals surface area contributed by atoms with E-state index in [-0.39, 0.29) is 23.8 Å². The minimum atomic E-state index is -0.297. The van der Waals surface area contributed by atoms with Gasteiger partial charge in [-0.15, -0.1) is 0 Å². The van der Waals surface area contributed by atoms with Crippen LogP contribution >= 0.6 is 27.7 Å². The topological polar surface area (TPSA) is 64.0 Å². The monoisotopic (exact) mass is 469 g/mol. The third kappa shape index (κ3) is 4.16. The Labute approximate surface area is 181 Å². The van der Waals surface area contributed by atoms with E-state index in [1.54, 1.807) is 0 Å². The van der Waals surface area contributed by atoms with Gasteiger partial charge in [0.2, 0.25) is 5.91 Å². The second-order valence-corrected chi connectivity index (χ2v) is 9.01. The Morgan fingerprint density at radius 3 is 2.52 bits per heavy atom. The summed E-state index contributed by atoms with van der Waals surface area (Å²) in [5, 5.41) is 3.48. The summed E-state index contributed by atoms with van der Waals surface area (Å²) in [7, 11) is 1.84. The van der Waals surface area contributed by atoms with Crippen LogP contribution in [0.3, 0.4) is 0 Å². The van der Waals surface area contributed by atoms with E-state index in [2.05, 4.69) is 57.4 Å². The summed E-state index contributed by atoms with van der Waals surface area (Å²) in [5.41, 5.74) is 3.57. The van der Waals surface area contributed by atoms with Gasteiger partial charge < -0.3 is 9.88 Å². The van der Waals surface area contributed by atoms with Crippen molar-refractivity contribution < 1.29 is 4.79 Å². The van der Waals surface area contributed by atoms with Gasteiger partial charge in [-0.05, 0) is 30.2 Å². The second-order valence-electron chi connectivity index (χ2n) is 7.15. The molecule has 29 heavy (non-hydrogen) atoms. The fourth-order valence-electron chi connectivity index (χ4n) is 3.48. The largest absolute Gasteiger partial charge is 0.312 e. The summed E-state index contributed by atoms with van der Waals surface area (Å²) in [5.74, 6) is 0.847. The van der Waals surface area contributed by atoms with Gasteiger partial charge in [0.05, 0.1) is 5.56 Å². The van der Waals surface area contributed by atoms with Crippen LogP contribution in [-0.2, 0) is 17.6 Å². The van der Waals surface area contributed by atoms with Gasteiger partial charge in [0.25, 0.3) is 5.56 Å². The summed E-state index contributed by atoms with van der Waals surface area (Å²) < 4.78 is 2.77. The summed E-state index contributed by atoms with van der Waals surface area (Å²) in [6.07, 6.45) is 0.238. The predicted molar refractivity (Wildman–Crippen MR) is 119 cm³/mol. The molecule has 2 heterocycles. The quantitative estimate of drug-likeness (QED) is 0.447. The minimum absolute atomic E-state index is 0.0962. The fourth-order valence-corrected chi connectivity index (χ4v) is 4.66. The van der Waals surface area contributed by atoms with E-state index >= 15 is 0 Å². The Balaban J connectivity index is 1.70. The zero-order valence-corrected chi connectivity index (χ0v) is 18.5. The molecule has 1 N–H and O–H groups in total. The van der Waals surface area contributed by atoms with Gasteiger partial charge in [-0.25, -0.2) is 0 Å². The summed E-state index contributed by atoms with van der Waals surface area (Å²) in [4.78, 5) is 29.7. The maximum Gasteiger partial charge on any atom is 0.279 e. The van der Waals surface area contributed by atoms with Crippen molar-refractivity contribution in [3.63, 3.8) is 0 Å². The Morgan fingerprint density at radius 1 is 1.14 bits per heavy atom. The lowest BCUT2D eigenvalue weighted by molar-refractivity contribution is -0.116. The first kappa shape index (κ1) is 19.9. The van der Waals surface area contributed by atoms with Crippen LogP contribution in [-0.4, -0.2) is 15.5 Å². The Kier molecular flexibility index (Phi) is 5.61. The van der Waals surface area contributed by atoms with Gasteiger partial charge >= 0.3 is 0 Å². The van der Waals surface area contributed by atoms with Crippen LogP contribution in [0, 0.1) is 6.92 Å². The van der Waals surface area contributed by atoms with Gasteiger partial charge in [0, 0.05) is 29.6 Å². The summed E-state index contributed by atoms with van der Waals surface area (Å²) >= 11 is 4.92. The molecule has 3 aromatic rings. The molecule has 1 amide bonds. The van der Waals surface area contributed by atoms with Gasteiger partial charge in [-0.1, -0.05) is 69.7 Å². The number of hydrogen-bond acceptors (Lipinski definition) is 4. The highest BCUT2D eigenvalue weighted by molar-refractivity contribution is 9.10. The van der Waals surface area contributed by atoms with E-state index in [1.165, 1.54) is 17.3 Å². The lowest BCUT2D eigenvalue weighted by Crippen LogP contribution is -2.33. The van der Waals surface area contributed by atoms with Crippen LogP contribution in [0.5, 0.6) is 0 Å². The standard InChI is InChI=1S/C22H20BrN3O2S/c1-13-3-5-14(6-4-13)12-29-22-25-21(28)19-17(15-7-9-16(23)10-8-15)11-18(27)24-20(19)26(22)2/h3-10,17H,11-12H2,1-2H3,(H,24,27). The van der Waals surface area contributed by atoms with E-state index in [1.807, 2.05) is 35.9 Å². The number of amides is 1. The molecule has 7 heteroatoms. The van der Waals surface area contributed by atoms with E-state index in [0.717, 1.165) is 15.6 Å². The van der Waals surface area contributed by atoms with Crippen molar-refractivity contribution >= 4 is 39.4 Å². The number of fused-ring (bicyclic) bond motifs is 1. The van der Waals surface area contributed by atoms with Crippen LogP contribution < -0.4 is 10.9 Å². The van der Waals surface area contributed by atoms with Crippen molar-refractivity contribution in [2.75, 3.05) is 5.32 Å². The highest BCUT2D eigenvalue weighted by atomic mass is 79.9. The molecule has 0 bridgehead atoms. The number of carbonyl (C=O) groups is 1. The molecule has 0 fully saturated rings. The Hall–Kier alpha value is -2.38. The van der Waals surface area contributed by atoms with Gasteiger partial charge in [-0.3, -0.25) is 9.59 Å². The third-order valence-electron chi connectivity index (χ3n) is 5.06. The molecular weight excluding hydrogens is 450 g/mol. The first-order valence-corrected chi connectivity index (χ1v) is 11.0. The number of benzene rings is 2. The van der Waals surface area contributed by atoms with Crippen molar-refractivity contribution in [1.29, 1.82) is 0 Å². The van der Waals surface area contributed by atoms with Crippen LogP contribution in [0.4, 0.5) is 5.82 Å².